The van der Waals surface area contributed by atoms with Gasteiger partial charge >= 0.3 is 5.97 Å². The number of benzene rings is 1. The van der Waals surface area contributed by atoms with Crippen molar-refractivity contribution >= 4 is 28.5 Å². The maximum absolute atomic E-state index is 10.8. The van der Waals surface area contributed by atoms with E-state index in [0.29, 0.717) is 5.75 Å². The van der Waals surface area contributed by atoms with Crippen LogP contribution < -0.4 is 4.74 Å². The number of carbonyl (C=O) groups is 1. The van der Waals surface area contributed by atoms with Crippen LogP contribution in [0.2, 0.25) is 5.02 Å². The Morgan fingerprint density at radius 1 is 1.19 bits per heavy atom. The average molecular weight is 301 g/mol. The number of pyridine rings is 2. The summed E-state index contributed by atoms with van der Waals surface area (Å²) in [5.74, 6) is -0.388. The Morgan fingerprint density at radius 3 is 2.81 bits per heavy atom. The van der Waals surface area contributed by atoms with E-state index < -0.39 is 5.97 Å². The lowest BCUT2D eigenvalue weighted by atomic mass is 10.2. The summed E-state index contributed by atoms with van der Waals surface area (Å²) >= 11 is 6.01. The largest absolute Gasteiger partial charge is 0.478 e. The molecule has 0 atom stereocenters. The number of aromatic carboxylic acids is 1. The van der Waals surface area contributed by atoms with Crippen LogP contribution in [0.1, 0.15) is 10.4 Å². The molecule has 0 spiro atoms. The van der Waals surface area contributed by atoms with Crippen LogP contribution in [0, 0.1) is 0 Å². The molecule has 0 bridgehead atoms. The van der Waals surface area contributed by atoms with Gasteiger partial charge in [-0.25, -0.2) is 9.78 Å². The third-order valence-electron chi connectivity index (χ3n) is 2.87. The summed E-state index contributed by atoms with van der Waals surface area (Å²) in [5.41, 5.74) is 0.792. The third kappa shape index (κ3) is 2.64. The monoisotopic (exact) mass is 300 g/mol. The lowest BCUT2D eigenvalue weighted by Gasteiger charge is -2.09. The van der Waals surface area contributed by atoms with E-state index in [1.807, 2.05) is 18.2 Å². The van der Waals surface area contributed by atoms with Gasteiger partial charge in [0.2, 0.25) is 5.88 Å². The molecule has 0 saturated heterocycles. The van der Waals surface area contributed by atoms with Crippen LogP contribution in [0.4, 0.5) is 0 Å². The second-order valence-corrected chi connectivity index (χ2v) is 4.65. The molecular formula is C15H9ClN2O3. The maximum atomic E-state index is 10.8. The first-order valence-corrected chi connectivity index (χ1v) is 6.43. The SMILES string of the molecule is O=C(O)c1cnc(Oc2cccc3ncccc23)c(Cl)c1. The molecule has 2 aromatic heterocycles. The smallest absolute Gasteiger partial charge is 0.337 e. The molecule has 3 aromatic rings. The van der Waals surface area contributed by atoms with Crippen LogP contribution in [0.25, 0.3) is 10.9 Å². The predicted octanol–water partition coefficient (Wildman–Crippen LogP) is 3.77. The summed E-state index contributed by atoms with van der Waals surface area (Å²) in [5, 5.41) is 9.84. The van der Waals surface area contributed by atoms with Gasteiger partial charge in [0.1, 0.15) is 10.8 Å². The topological polar surface area (TPSA) is 72.3 Å². The number of carboxylic acid groups (broad SMARTS) is 1. The summed E-state index contributed by atoms with van der Waals surface area (Å²) in [6.45, 7) is 0. The van der Waals surface area contributed by atoms with Gasteiger partial charge in [-0.05, 0) is 30.3 Å². The van der Waals surface area contributed by atoms with Crippen LogP contribution in [0.15, 0.2) is 48.8 Å². The lowest BCUT2D eigenvalue weighted by Crippen LogP contribution is -1.98. The lowest BCUT2D eigenvalue weighted by molar-refractivity contribution is 0.0696. The second-order valence-electron chi connectivity index (χ2n) is 4.24. The Kier molecular flexibility index (Phi) is 3.41. The van der Waals surface area contributed by atoms with Crippen molar-refractivity contribution in [3.05, 3.63) is 59.4 Å². The molecule has 0 aliphatic rings. The number of rotatable bonds is 3. The normalized spacial score (nSPS) is 10.5. The predicted molar refractivity (Wildman–Crippen MR) is 78.0 cm³/mol. The molecule has 0 aliphatic carbocycles. The molecule has 6 heteroatoms. The van der Waals surface area contributed by atoms with Crippen molar-refractivity contribution in [3.8, 4) is 11.6 Å². The van der Waals surface area contributed by atoms with Crippen molar-refractivity contribution < 1.29 is 14.6 Å². The van der Waals surface area contributed by atoms with Gasteiger partial charge in [-0.3, -0.25) is 4.98 Å². The molecule has 5 nitrogen and oxygen atoms in total. The third-order valence-corrected chi connectivity index (χ3v) is 3.14. The molecule has 3 rings (SSSR count). The molecule has 104 valence electrons. The zero-order valence-electron chi connectivity index (χ0n) is 10.7. The second kappa shape index (κ2) is 5.38. The van der Waals surface area contributed by atoms with E-state index >= 15 is 0 Å². The fourth-order valence-corrected chi connectivity index (χ4v) is 2.09. The van der Waals surface area contributed by atoms with Gasteiger partial charge in [-0.15, -0.1) is 0 Å². The minimum Gasteiger partial charge on any atom is -0.478 e. The molecule has 21 heavy (non-hydrogen) atoms. The Hall–Kier alpha value is -2.66. The minimum atomic E-state index is -1.09. The summed E-state index contributed by atoms with van der Waals surface area (Å²) in [7, 11) is 0. The van der Waals surface area contributed by atoms with Gasteiger partial charge < -0.3 is 9.84 Å². The number of fused-ring (bicyclic) bond motifs is 1. The van der Waals surface area contributed by atoms with Crippen LogP contribution in [-0.4, -0.2) is 21.0 Å². The van der Waals surface area contributed by atoms with Gasteiger partial charge in [0, 0.05) is 17.8 Å². The highest BCUT2D eigenvalue weighted by atomic mass is 35.5. The summed E-state index contributed by atoms with van der Waals surface area (Å²) in [4.78, 5) is 19.0. The maximum Gasteiger partial charge on any atom is 0.337 e. The van der Waals surface area contributed by atoms with E-state index in [4.69, 9.17) is 21.4 Å². The Labute approximate surface area is 124 Å². The van der Waals surface area contributed by atoms with Gasteiger partial charge in [0.25, 0.3) is 0 Å². The van der Waals surface area contributed by atoms with Crippen molar-refractivity contribution in [2.75, 3.05) is 0 Å². The quantitative estimate of drug-likeness (QED) is 0.797. The van der Waals surface area contributed by atoms with E-state index in [2.05, 4.69) is 9.97 Å². The average Bonchev–Trinajstić information content (AvgIpc) is 2.49. The molecule has 0 radical (unpaired) electrons. The van der Waals surface area contributed by atoms with E-state index in [1.54, 1.807) is 18.3 Å². The highest BCUT2D eigenvalue weighted by molar-refractivity contribution is 6.32. The number of aromatic nitrogens is 2. The van der Waals surface area contributed by atoms with E-state index in [0.717, 1.165) is 10.9 Å². The van der Waals surface area contributed by atoms with Crippen LogP contribution >= 0.6 is 11.6 Å². The first-order valence-electron chi connectivity index (χ1n) is 6.05. The number of carboxylic acids is 1. The summed E-state index contributed by atoms with van der Waals surface area (Å²) in [6, 6.07) is 10.4. The van der Waals surface area contributed by atoms with Crippen LogP contribution in [-0.2, 0) is 0 Å². The molecule has 0 unspecified atom stereocenters. The van der Waals surface area contributed by atoms with Crippen molar-refractivity contribution in [2.45, 2.75) is 0 Å². The van der Waals surface area contributed by atoms with Crippen LogP contribution in [0.3, 0.4) is 0 Å². The molecule has 0 fully saturated rings. The van der Waals surface area contributed by atoms with Gasteiger partial charge in [-0.1, -0.05) is 17.7 Å². The molecule has 1 aromatic carbocycles. The highest BCUT2D eigenvalue weighted by Gasteiger charge is 2.11. The summed E-state index contributed by atoms with van der Waals surface area (Å²) < 4.78 is 5.68. The van der Waals surface area contributed by atoms with Gasteiger partial charge in [-0.2, -0.15) is 0 Å². The number of nitrogens with zero attached hydrogens (tertiary/aromatic N) is 2. The molecular weight excluding hydrogens is 292 g/mol. The Morgan fingerprint density at radius 2 is 2.05 bits per heavy atom. The number of hydrogen-bond donors (Lipinski definition) is 1. The molecule has 2 heterocycles. The number of ether oxygens (including phenoxy) is 1. The minimum absolute atomic E-state index is 0.00642. The van der Waals surface area contributed by atoms with E-state index in [-0.39, 0.29) is 16.5 Å². The highest BCUT2D eigenvalue weighted by Crippen LogP contribution is 2.31. The van der Waals surface area contributed by atoms with E-state index in [1.165, 1.54) is 12.3 Å². The number of halogens is 1. The van der Waals surface area contributed by atoms with Gasteiger partial charge in [0.05, 0.1) is 11.1 Å². The zero-order valence-corrected chi connectivity index (χ0v) is 11.4. The first kappa shape index (κ1) is 13.3. The first-order chi connectivity index (χ1) is 10.1. The van der Waals surface area contributed by atoms with Gasteiger partial charge in [0.15, 0.2) is 0 Å². The Balaban J connectivity index is 2.01. The summed E-state index contributed by atoms with van der Waals surface area (Å²) in [6.07, 6.45) is 2.89. The fourth-order valence-electron chi connectivity index (χ4n) is 1.89. The Bertz CT molecular complexity index is 831. The van der Waals surface area contributed by atoms with E-state index in [9.17, 15) is 4.79 Å². The van der Waals surface area contributed by atoms with Crippen molar-refractivity contribution in [1.82, 2.24) is 9.97 Å². The van der Waals surface area contributed by atoms with Crippen molar-refractivity contribution in [3.63, 3.8) is 0 Å². The standard InChI is InChI=1S/C15H9ClN2O3/c16-11-7-9(15(19)20)8-18-14(11)21-13-5-1-4-12-10(13)3-2-6-17-12/h1-8H,(H,19,20). The van der Waals surface area contributed by atoms with Crippen LogP contribution in [0.5, 0.6) is 11.6 Å². The number of hydrogen-bond acceptors (Lipinski definition) is 4. The molecule has 0 saturated carbocycles. The molecule has 1 N–H and O–H groups in total. The zero-order chi connectivity index (χ0) is 14.8. The molecule has 0 aliphatic heterocycles. The van der Waals surface area contributed by atoms with Crippen molar-refractivity contribution in [2.24, 2.45) is 0 Å². The molecule has 0 amide bonds. The van der Waals surface area contributed by atoms with Crippen molar-refractivity contribution in [1.29, 1.82) is 0 Å². The fraction of sp³-hybridized carbons (Fsp3) is 0.